The topological polar surface area (TPSA) is 50.9 Å². The molecule has 0 amide bonds. The molecule has 1 fully saturated rings. The van der Waals surface area contributed by atoms with Crippen LogP contribution in [0.4, 0.5) is 0 Å². The minimum absolute atomic E-state index is 0.277. The van der Waals surface area contributed by atoms with Gasteiger partial charge in [0.2, 0.25) is 0 Å². The van der Waals surface area contributed by atoms with Crippen LogP contribution in [0.25, 0.3) is 11.0 Å². The van der Waals surface area contributed by atoms with Gasteiger partial charge in [0.25, 0.3) is 0 Å². The van der Waals surface area contributed by atoms with Gasteiger partial charge < -0.3 is 5.11 Å². The molecule has 78 valence electrons. The van der Waals surface area contributed by atoms with Crippen molar-refractivity contribution in [2.75, 3.05) is 0 Å². The molecule has 0 atom stereocenters. The molecule has 2 aromatic rings. The number of rotatable bonds is 2. The van der Waals surface area contributed by atoms with Crippen LogP contribution in [0.3, 0.4) is 0 Å². The zero-order valence-corrected chi connectivity index (χ0v) is 8.43. The molecule has 1 heterocycles. The molecular weight excluding hydrogens is 190 g/mol. The molecule has 0 aliphatic heterocycles. The van der Waals surface area contributed by atoms with E-state index in [4.69, 9.17) is 0 Å². The lowest BCUT2D eigenvalue weighted by molar-refractivity contribution is 0.267. The average molecular weight is 203 g/mol. The van der Waals surface area contributed by atoms with Gasteiger partial charge in [-0.15, -0.1) is 5.10 Å². The highest BCUT2D eigenvalue weighted by Crippen LogP contribution is 2.29. The van der Waals surface area contributed by atoms with Crippen LogP contribution in [0.15, 0.2) is 18.2 Å². The maximum atomic E-state index is 9.41. The van der Waals surface area contributed by atoms with E-state index in [9.17, 15) is 5.11 Å². The van der Waals surface area contributed by atoms with Gasteiger partial charge >= 0.3 is 0 Å². The van der Waals surface area contributed by atoms with E-state index in [2.05, 4.69) is 10.3 Å². The Kier molecular flexibility index (Phi) is 1.87. The van der Waals surface area contributed by atoms with Crippen molar-refractivity contribution in [3.63, 3.8) is 0 Å². The van der Waals surface area contributed by atoms with E-state index in [0.29, 0.717) is 0 Å². The van der Waals surface area contributed by atoms with E-state index in [0.717, 1.165) is 23.5 Å². The van der Waals surface area contributed by atoms with E-state index in [1.165, 1.54) is 19.3 Å². The number of hydrogen-bond acceptors (Lipinski definition) is 3. The van der Waals surface area contributed by atoms with Crippen LogP contribution in [-0.4, -0.2) is 20.1 Å². The largest absolute Gasteiger partial charge is 0.508 e. The first-order valence-electron chi connectivity index (χ1n) is 5.35. The molecule has 0 spiro atoms. The summed E-state index contributed by atoms with van der Waals surface area (Å²) in [4.78, 5) is 0. The molecule has 0 bridgehead atoms. The van der Waals surface area contributed by atoms with Gasteiger partial charge in [0.05, 0.1) is 5.52 Å². The van der Waals surface area contributed by atoms with Crippen molar-refractivity contribution in [2.24, 2.45) is 5.92 Å². The van der Waals surface area contributed by atoms with Crippen molar-refractivity contribution in [3.8, 4) is 5.75 Å². The maximum Gasteiger partial charge on any atom is 0.117 e. The fourth-order valence-corrected chi connectivity index (χ4v) is 2.01. The molecule has 1 aliphatic carbocycles. The predicted molar refractivity (Wildman–Crippen MR) is 56.5 cm³/mol. The molecule has 1 aromatic carbocycles. The van der Waals surface area contributed by atoms with Crippen molar-refractivity contribution < 1.29 is 5.11 Å². The molecular formula is C11H13N3O. The number of nitrogens with zero attached hydrogens (tertiary/aromatic N) is 3. The van der Waals surface area contributed by atoms with Crippen molar-refractivity contribution in [1.82, 2.24) is 15.0 Å². The highest BCUT2D eigenvalue weighted by molar-refractivity contribution is 5.75. The second-order valence-corrected chi connectivity index (χ2v) is 4.24. The SMILES string of the molecule is Oc1ccc2nnn(CC3CCC3)c2c1. The molecule has 1 aliphatic rings. The lowest BCUT2D eigenvalue weighted by Crippen LogP contribution is -2.18. The summed E-state index contributed by atoms with van der Waals surface area (Å²) in [7, 11) is 0. The molecule has 0 saturated heterocycles. The number of phenolic OH excluding ortho intramolecular Hbond substituents is 1. The predicted octanol–water partition coefficient (Wildman–Crippen LogP) is 1.94. The highest BCUT2D eigenvalue weighted by Gasteiger charge is 2.19. The van der Waals surface area contributed by atoms with Crippen LogP contribution < -0.4 is 0 Å². The van der Waals surface area contributed by atoms with E-state index >= 15 is 0 Å². The molecule has 0 unspecified atom stereocenters. The fourth-order valence-electron chi connectivity index (χ4n) is 2.01. The van der Waals surface area contributed by atoms with Crippen LogP contribution in [0.5, 0.6) is 5.75 Å². The Bertz CT molecular complexity index is 488. The maximum absolute atomic E-state index is 9.41. The monoisotopic (exact) mass is 203 g/mol. The molecule has 0 radical (unpaired) electrons. The third-order valence-corrected chi connectivity index (χ3v) is 3.15. The second kappa shape index (κ2) is 3.22. The minimum atomic E-state index is 0.277. The van der Waals surface area contributed by atoms with Crippen molar-refractivity contribution in [1.29, 1.82) is 0 Å². The molecule has 1 saturated carbocycles. The smallest absolute Gasteiger partial charge is 0.117 e. The Morgan fingerprint density at radius 1 is 1.40 bits per heavy atom. The first-order chi connectivity index (χ1) is 7.33. The van der Waals surface area contributed by atoms with Crippen LogP contribution in [0.1, 0.15) is 19.3 Å². The standard InChI is InChI=1S/C11H13N3O/c15-9-4-5-10-11(6-9)14(13-12-10)7-8-2-1-3-8/h4-6,8,15H,1-3,7H2. The minimum Gasteiger partial charge on any atom is -0.508 e. The number of fused-ring (bicyclic) bond motifs is 1. The third kappa shape index (κ3) is 1.46. The fraction of sp³-hybridized carbons (Fsp3) is 0.455. The summed E-state index contributed by atoms with van der Waals surface area (Å²) in [5.41, 5.74) is 1.79. The number of phenols is 1. The Morgan fingerprint density at radius 3 is 3.00 bits per heavy atom. The Morgan fingerprint density at radius 2 is 2.27 bits per heavy atom. The van der Waals surface area contributed by atoms with Gasteiger partial charge in [-0.25, -0.2) is 4.68 Å². The zero-order valence-electron chi connectivity index (χ0n) is 8.43. The van der Waals surface area contributed by atoms with Gasteiger partial charge in [0.15, 0.2) is 0 Å². The van der Waals surface area contributed by atoms with Gasteiger partial charge in [-0.05, 0) is 30.9 Å². The van der Waals surface area contributed by atoms with Crippen molar-refractivity contribution in [2.45, 2.75) is 25.8 Å². The molecule has 1 aromatic heterocycles. The van der Waals surface area contributed by atoms with Crippen molar-refractivity contribution >= 4 is 11.0 Å². The van der Waals surface area contributed by atoms with Gasteiger partial charge in [-0.1, -0.05) is 11.6 Å². The lowest BCUT2D eigenvalue weighted by Gasteiger charge is -2.24. The summed E-state index contributed by atoms with van der Waals surface area (Å²) in [6.45, 7) is 0.931. The van der Waals surface area contributed by atoms with Gasteiger partial charge in [0, 0.05) is 12.6 Å². The third-order valence-electron chi connectivity index (χ3n) is 3.15. The molecule has 1 N–H and O–H groups in total. The summed E-state index contributed by atoms with van der Waals surface area (Å²) in [6.07, 6.45) is 3.92. The summed E-state index contributed by atoms with van der Waals surface area (Å²) >= 11 is 0. The number of aromatic nitrogens is 3. The highest BCUT2D eigenvalue weighted by atomic mass is 16.3. The number of hydrogen-bond donors (Lipinski definition) is 1. The first kappa shape index (κ1) is 8.71. The van der Waals surface area contributed by atoms with Crippen molar-refractivity contribution in [3.05, 3.63) is 18.2 Å². The molecule has 15 heavy (non-hydrogen) atoms. The summed E-state index contributed by atoms with van der Waals surface area (Å²) in [5.74, 6) is 1.02. The molecule has 4 nitrogen and oxygen atoms in total. The Labute approximate surface area is 87.5 Å². The average Bonchev–Trinajstić information content (AvgIpc) is 2.54. The Hall–Kier alpha value is -1.58. The Balaban J connectivity index is 1.98. The van der Waals surface area contributed by atoms with Crippen LogP contribution in [0, 0.1) is 5.92 Å². The van der Waals surface area contributed by atoms with Crippen LogP contribution >= 0.6 is 0 Å². The summed E-state index contributed by atoms with van der Waals surface area (Å²) in [5, 5.41) is 17.6. The molecule has 3 rings (SSSR count). The van der Waals surface area contributed by atoms with E-state index in [-0.39, 0.29) is 5.75 Å². The summed E-state index contributed by atoms with van der Waals surface area (Å²) < 4.78 is 1.90. The van der Waals surface area contributed by atoms with Gasteiger partial charge in [-0.2, -0.15) is 0 Å². The van der Waals surface area contributed by atoms with E-state index in [1.807, 2.05) is 4.68 Å². The van der Waals surface area contributed by atoms with Crippen LogP contribution in [-0.2, 0) is 6.54 Å². The molecule has 4 heteroatoms. The van der Waals surface area contributed by atoms with E-state index in [1.54, 1.807) is 18.2 Å². The number of aromatic hydroxyl groups is 1. The zero-order chi connectivity index (χ0) is 10.3. The summed E-state index contributed by atoms with van der Waals surface area (Å²) in [6, 6.07) is 5.17. The normalized spacial score (nSPS) is 16.8. The number of benzene rings is 1. The van der Waals surface area contributed by atoms with E-state index < -0.39 is 0 Å². The first-order valence-corrected chi connectivity index (χ1v) is 5.35. The van der Waals surface area contributed by atoms with Crippen LogP contribution in [0.2, 0.25) is 0 Å². The lowest BCUT2D eigenvalue weighted by atomic mass is 9.85. The second-order valence-electron chi connectivity index (χ2n) is 4.24. The van der Waals surface area contributed by atoms with Gasteiger partial charge in [-0.3, -0.25) is 0 Å². The quantitative estimate of drug-likeness (QED) is 0.811. The van der Waals surface area contributed by atoms with Gasteiger partial charge in [0.1, 0.15) is 11.3 Å².